The van der Waals surface area contributed by atoms with Gasteiger partial charge in [-0.05, 0) is 37.1 Å². The van der Waals surface area contributed by atoms with Crippen LogP contribution in [0.3, 0.4) is 0 Å². The van der Waals surface area contributed by atoms with Crippen LogP contribution in [0.25, 0.3) is 0 Å². The van der Waals surface area contributed by atoms with Gasteiger partial charge in [0.1, 0.15) is 0 Å². The lowest BCUT2D eigenvalue weighted by molar-refractivity contribution is -0.120. The normalized spacial score (nSPS) is 13.5. The molecular weight excluding hydrogens is 315 g/mol. The number of carbonyl (C=O) groups is 1. The average Bonchev–Trinajstić information content (AvgIpc) is 2.37. The largest absolute Gasteiger partial charge is 0.349 e. The molecule has 0 aromatic heterocycles. The van der Waals surface area contributed by atoms with Gasteiger partial charge in [-0.2, -0.15) is 0 Å². The highest BCUT2D eigenvalue weighted by atomic mass is 35.5. The van der Waals surface area contributed by atoms with E-state index in [9.17, 15) is 4.79 Å². The molecule has 3 N–H and O–H groups in total. The van der Waals surface area contributed by atoms with E-state index in [0.29, 0.717) is 23.2 Å². The van der Waals surface area contributed by atoms with Gasteiger partial charge in [-0.15, -0.1) is 24.2 Å². The Labute approximate surface area is 136 Å². The van der Waals surface area contributed by atoms with E-state index < -0.39 is 0 Å². The fourth-order valence-electron chi connectivity index (χ4n) is 1.47. The Bertz CT molecular complexity index is 426. The topological polar surface area (TPSA) is 55.1 Å². The first-order chi connectivity index (χ1) is 8.87. The number of hydrogen-bond donors (Lipinski definition) is 2. The zero-order chi connectivity index (χ0) is 14.5. The maximum atomic E-state index is 11.9. The van der Waals surface area contributed by atoms with Crippen molar-refractivity contribution in [2.75, 3.05) is 12.3 Å². The van der Waals surface area contributed by atoms with Gasteiger partial charge in [0.05, 0.1) is 11.3 Å². The lowest BCUT2D eigenvalue weighted by Gasteiger charge is -2.33. The Morgan fingerprint density at radius 3 is 2.40 bits per heavy atom. The number of amides is 1. The zero-order valence-corrected chi connectivity index (χ0v) is 14.4. The number of halogens is 2. The molecule has 1 unspecified atom stereocenters. The van der Waals surface area contributed by atoms with Gasteiger partial charge in [-0.3, -0.25) is 4.79 Å². The van der Waals surface area contributed by atoms with Crippen molar-refractivity contribution in [2.45, 2.75) is 31.2 Å². The van der Waals surface area contributed by atoms with Crippen LogP contribution in [-0.4, -0.2) is 23.7 Å². The first-order valence-electron chi connectivity index (χ1n) is 6.27. The molecule has 0 bridgehead atoms. The summed E-state index contributed by atoms with van der Waals surface area (Å²) in [5.41, 5.74) is 5.39. The molecule has 0 radical (unpaired) electrons. The summed E-state index contributed by atoms with van der Waals surface area (Å²) in [5, 5.41) is 3.71. The summed E-state index contributed by atoms with van der Waals surface area (Å²) in [6.45, 7) is 6.52. The molecule has 1 aromatic rings. The van der Waals surface area contributed by atoms with Crippen LogP contribution in [-0.2, 0) is 4.79 Å². The Morgan fingerprint density at radius 2 is 1.95 bits per heavy atom. The molecule has 3 nitrogen and oxygen atoms in total. The molecule has 0 aliphatic rings. The predicted molar refractivity (Wildman–Crippen MR) is 89.9 cm³/mol. The number of nitrogens with two attached hydrogens (primary N) is 1. The summed E-state index contributed by atoms with van der Waals surface area (Å²) in [7, 11) is 0. The molecule has 0 saturated carbocycles. The molecule has 0 aliphatic heterocycles. The third kappa shape index (κ3) is 5.92. The van der Waals surface area contributed by atoms with Crippen LogP contribution >= 0.6 is 35.8 Å². The fourth-order valence-corrected chi connectivity index (χ4v) is 2.29. The van der Waals surface area contributed by atoms with Crippen molar-refractivity contribution in [3.05, 3.63) is 29.3 Å². The van der Waals surface area contributed by atoms with Crippen LogP contribution in [0, 0.1) is 5.92 Å². The third-order valence-corrected chi connectivity index (χ3v) is 4.57. The van der Waals surface area contributed by atoms with Gasteiger partial charge >= 0.3 is 0 Å². The van der Waals surface area contributed by atoms with Gasteiger partial charge < -0.3 is 11.1 Å². The molecule has 1 amide bonds. The van der Waals surface area contributed by atoms with Crippen LogP contribution in [0.15, 0.2) is 29.2 Å². The van der Waals surface area contributed by atoms with Crippen LogP contribution < -0.4 is 11.1 Å². The quantitative estimate of drug-likeness (QED) is 0.783. The highest BCUT2D eigenvalue weighted by Gasteiger charge is 2.28. The monoisotopic (exact) mass is 336 g/mol. The van der Waals surface area contributed by atoms with Gasteiger partial charge in [-0.25, -0.2) is 0 Å². The van der Waals surface area contributed by atoms with E-state index >= 15 is 0 Å². The van der Waals surface area contributed by atoms with E-state index in [1.165, 1.54) is 11.8 Å². The van der Waals surface area contributed by atoms with E-state index in [0.717, 1.165) is 4.90 Å². The van der Waals surface area contributed by atoms with Gasteiger partial charge in [0, 0.05) is 16.5 Å². The zero-order valence-electron chi connectivity index (χ0n) is 12.0. The molecule has 20 heavy (non-hydrogen) atoms. The van der Waals surface area contributed by atoms with Crippen molar-refractivity contribution in [1.82, 2.24) is 5.32 Å². The number of carbonyl (C=O) groups excluding carboxylic acids is 1. The van der Waals surface area contributed by atoms with Gasteiger partial charge in [-0.1, -0.05) is 25.4 Å². The molecule has 0 heterocycles. The average molecular weight is 337 g/mol. The van der Waals surface area contributed by atoms with E-state index in [1.54, 1.807) is 0 Å². The second-order valence-corrected chi connectivity index (χ2v) is 6.55. The highest BCUT2D eigenvalue weighted by molar-refractivity contribution is 8.00. The summed E-state index contributed by atoms with van der Waals surface area (Å²) in [6, 6.07) is 7.45. The SMILES string of the molecule is CC(C)C(C)(CN)NC(=O)CSc1ccc(Cl)cc1.Cl. The summed E-state index contributed by atoms with van der Waals surface area (Å²) in [6.07, 6.45) is 0. The minimum atomic E-state index is -0.350. The Hall–Kier alpha value is -0.420. The van der Waals surface area contributed by atoms with Crippen molar-refractivity contribution in [3.8, 4) is 0 Å². The summed E-state index contributed by atoms with van der Waals surface area (Å²) in [4.78, 5) is 13.0. The van der Waals surface area contributed by atoms with Crippen LogP contribution in [0.4, 0.5) is 0 Å². The molecule has 114 valence electrons. The van der Waals surface area contributed by atoms with Gasteiger partial charge in [0.25, 0.3) is 0 Å². The van der Waals surface area contributed by atoms with Crippen LogP contribution in [0.2, 0.25) is 5.02 Å². The van der Waals surface area contributed by atoms with Crippen molar-refractivity contribution in [1.29, 1.82) is 0 Å². The molecule has 0 fully saturated rings. The number of benzene rings is 1. The third-order valence-electron chi connectivity index (χ3n) is 3.31. The van der Waals surface area contributed by atoms with Crippen molar-refractivity contribution in [2.24, 2.45) is 11.7 Å². The minimum Gasteiger partial charge on any atom is -0.349 e. The van der Waals surface area contributed by atoms with Crippen LogP contribution in [0.5, 0.6) is 0 Å². The Balaban J connectivity index is 0.00000361. The first kappa shape index (κ1) is 19.6. The highest BCUT2D eigenvalue weighted by Crippen LogP contribution is 2.21. The maximum absolute atomic E-state index is 11.9. The lowest BCUT2D eigenvalue weighted by Crippen LogP contribution is -2.55. The second kappa shape index (κ2) is 8.78. The second-order valence-electron chi connectivity index (χ2n) is 5.07. The first-order valence-corrected chi connectivity index (χ1v) is 7.63. The van der Waals surface area contributed by atoms with E-state index in [2.05, 4.69) is 19.2 Å². The summed E-state index contributed by atoms with van der Waals surface area (Å²) >= 11 is 7.30. The van der Waals surface area contributed by atoms with Gasteiger partial charge in [0.2, 0.25) is 5.91 Å². The summed E-state index contributed by atoms with van der Waals surface area (Å²) < 4.78 is 0. The minimum absolute atomic E-state index is 0. The standard InChI is InChI=1S/C14H21ClN2OS.ClH/c1-10(2)14(3,9-16)17-13(18)8-19-12-6-4-11(15)5-7-12;/h4-7,10H,8-9,16H2,1-3H3,(H,17,18);1H. The fraction of sp³-hybridized carbons (Fsp3) is 0.500. The lowest BCUT2D eigenvalue weighted by atomic mass is 9.88. The van der Waals surface area contributed by atoms with E-state index in [1.807, 2.05) is 31.2 Å². The van der Waals surface area contributed by atoms with Gasteiger partial charge in [0.15, 0.2) is 0 Å². The molecule has 0 spiro atoms. The molecule has 0 aliphatic carbocycles. The van der Waals surface area contributed by atoms with Crippen molar-refractivity contribution in [3.63, 3.8) is 0 Å². The predicted octanol–water partition coefficient (Wildman–Crippen LogP) is 3.34. The summed E-state index contributed by atoms with van der Waals surface area (Å²) in [5.74, 6) is 0.674. The smallest absolute Gasteiger partial charge is 0.230 e. The molecule has 0 saturated heterocycles. The van der Waals surface area contributed by atoms with Crippen molar-refractivity contribution >= 4 is 41.7 Å². The van der Waals surface area contributed by atoms with E-state index in [-0.39, 0.29) is 23.9 Å². The van der Waals surface area contributed by atoms with Crippen LogP contribution in [0.1, 0.15) is 20.8 Å². The van der Waals surface area contributed by atoms with E-state index in [4.69, 9.17) is 17.3 Å². The Morgan fingerprint density at radius 1 is 1.40 bits per heavy atom. The maximum Gasteiger partial charge on any atom is 0.230 e. The number of thioether (sulfide) groups is 1. The molecule has 6 heteroatoms. The molecule has 1 rings (SSSR count). The van der Waals surface area contributed by atoms with Crippen molar-refractivity contribution < 1.29 is 4.79 Å². The number of rotatable bonds is 6. The Kier molecular flexibility index (Phi) is 8.59. The molecule has 1 atom stereocenters. The number of nitrogens with one attached hydrogen (secondary N) is 1. The molecule has 1 aromatic carbocycles. The number of hydrogen-bond acceptors (Lipinski definition) is 3. The molecular formula is C14H22Cl2N2OS.